The van der Waals surface area contributed by atoms with Crippen molar-refractivity contribution in [2.45, 2.75) is 44.6 Å². The number of rotatable bonds is 10. The summed E-state index contributed by atoms with van der Waals surface area (Å²) in [5.41, 5.74) is -0.0765. The van der Waals surface area contributed by atoms with Gasteiger partial charge in [-0.05, 0) is 31.4 Å². The second-order valence-electron chi connectivity index (χ2n) is 5.31. The van der Waals surface area contributed by atoms with Crippen molar-refractivity contribution in [1.82, 2.24) is 5.32 Å². The fraction of sp³-hybridized carbons (Fsp3) is 0.444. The highest BCUT2D eigenvalue weighted by molar-refractivity contribution is 5.96. The Morgan fingerprint density at radius 2 is 1.96 bits per heavy atom. The van der Waals surface area contributed by atoms with Crippen LogP contribution in [-0.4, -0.2) is 25.0 Å². The van der Waals surface area contributed by atoms with Gasteiger partial charge in [0.15, 0.2) is 0 Å². The first-order valence-corrected chi connectivity index (χ1v) is 7.84. The highest BCUT2D eigenvalue weighted by Crippen LogP contribution is 2.11. The molecule has 0 bridgehead atoms. The predicted molar refractivity (Wildman–Crippen MR) is 87.6 cm³/mol. The topological polar surface area (TPSA) is 55.4 Å². The fourth-order valence-electron chi connectivity index (χ4n) is 2.26. The average molecular weight is 321 g/mol. The fourth-order valence-corrected chi connectivity index (χ4v) is 2.26. The molecule has 4 nitrogen and oxygen atoms in total. The first-order valence-electron chi connectivity index (χ1n) is 7.84. The van der Waals surface area contributed by atoms with E-state index in [-0.39, 0.29) is 5.56 Å². The molecule has 0 aliphatic rings. The van der Waals surface area contributed by atoms with Gasteiger partial charge in [-0.15, -0.1) is 6.58 Å². The number of amides is 1. The molecular weight excluding hydrogens is 297 g/mol. The zero-order valence-corrected chi connectivity index (χ0v) is 13.5. The number of methoxy groups -OCH3 is 1. The van der Waals surface area contributed by atoms with E-state index < -0.39 is 23.7 Å². The molecule has 1 N–H and O–H groups in total. The van der Waals surface area contributed by atoms with Gasteiger partial charge in [-0.1, -0.05) is 37.5 Å². The molecular formula is C18H24FNO3. The van der Waals surface area contributed by atoms with E-state index in [1.54, 1.807) is 6.07 Å². The Labute approximate surface area is 136 Å². The van der Waals surface area contributed by atoms with E-state index in [0.29, 0.717) is 6.42 Å². The van der Waals surface area contributed by atoms with Gasteiger partial charge in [-0.25, -0.2) is 9.18 Å². The van der Waals surface area contributed by atoms with E-state index >= 15 is 0 Å². The zero-order chi connectivity index (χ0) is 17.1. The number of hydrogen-bond donors (Lipinski definition) is 1. The summed E-state index contributed by atoms with van der Waals surface area (Å²) in [7, 11) is 1.27. The molecule has 1 aromatic carbocycles. The van der Waals surface area contributed by atoms with Crippen LogP contribution in [0.4, 0.5) is 4.39 Å². The van der Waals surface area contributed by atoms with Crippen LogP contribution in [0.5, 0.6) is 0 Å². The number of nitrogens with one attached hydrogen (secondary N) is 1. The van der Waals surface area contributed by atoms with Crippen LogP contribution in [0.15, 0.2) is 36.9 Å². The van der Waals surface area contributed by atoms with Gasteiger partial charge in [-0.2, -0.15) is 0 Å². The van der Waals surface area contributed by atoms with Crippen molar-refractivity contribution < 1.29 is 18.7 Å². The first-order chi connectivity index (χ1) is 11.1. The lowest BCUT2D eigenvalue weighted by atomic mass is 10.1. The van der Waals surface area contributed by atoms with Gasteiger partial charge in [0.05, 0.1) is 12.7 Å². The van der Waals surface area contributed by atoms with Crippen LogP contribution in [-0.2, 0) is 9.53 Å². The summed E-state index contributed by atoms with van der Waals surface area (Å²) >= 11 is 0. The molecule has 0 saturated heterocycles. The molecule has 0 aliphatic carbocycles. The second kappa shape index (κ2) is 10.5. The zero-order valence-electron chi connectivity index (χ0n) is 13.5. The molecule has 126 valence electrons. The molecule has 5 heteroatoms. The van der Waals surface area contributed by atoms with Gasteiger partial charge in [0.1, 0.15) is 11.9 Å². The molecule has 0 fully saturated rings. The van der Waals surface area contributed by atoms with Crippen molar-refractivity contribution in [3.63, 3.8) is 0 Å². The largest absolute Gasteiger partial charge is 0.467 e. The lowest BCUT2D eigenvalue weighted by Gasteiger charge is -2.16. The van der Waals surface area contributed by atoms with Gasteiger partial charge in [-0.3, -0.25) is 4.79 Å². The van der Waals surface area contributed by atoms with E-state index in [4.69, 9.17) is 4.74 Å². The Morgan fingerprint density at radius 1 is 1.26 bits per heavy atom. The minimum absolute atomic E-state index is 0.0765. The van der Waals surface area contributed by atoms with Crippen LogP contribution in [0.3, 0.4) is 0 Å². The van der Waals surface area contributed by atoms with Crippen LogP contribution in [0, 0.1) is 5.82 Å². The highest BCUT2D eigenvalue weighted by atomic mass is 19.1. The molecule has 1 aromatic rings. The summed E-state index contributed by atoms with van der Waals surface area (Å²) < 4.78 is 18.3. The molecule has 0 radical (unpaired) electrons. The molecule has 0 spiro atoms. The summed E-state index contributed by atoms with van der Waals surface area (Å²) in [6.07, 6.45) is 7.18. The molecule has 1 amide bonds. The van der Waals surface area contributed by atoms with E-state index in [1.165, 1.54) is 25.3 Å². The molecule has 0 unspecified atom stereocenters. The van der Waals surface area contributed by atoms with Crippen molar-refractivity contribution in [2.75, 3.05) is 7.11 Å². The average Bonchev–Trinajstić information content (AvgIpc) is 2.56. The lowest BCUT2D eigenvalue weighted by Crippen LogP contribution is -2.41. The molecule has 0 aromatic heterocycles. The van der Waals surface area contributed by atoms with Gasteiger partial charge in [0, 0.05) is 0 Å². The quantitative estimate of drug-likeness (QED) is 0.407. The van der Waals surface area contributed by atoms with Crippen LogP contribution in [0.2, 0.25) is 0 Å². The molecule has 1 atom stereocenters. The molecule has 1 rings (SSSR count). The summed E-state index contributed by atoms with van der Waals surface area (Å²) in [5, 5.41) is 2.56. The second-order valence-corrected chi connectivity index (χ2v) is 5.31. The number of esters is 1. The Balaban J connectivity index is 2.54. The minimum Gasteiger partial charge on any atom is -0.467 e. The third-order valence-corrected chi connectivity index (χ3v) is 3.56. The van der Waals surface area contributed by atoms with Crippen LogP contribution in [0.1, 0.15) is 48.9 Å². The third-order valence-electron chi connectivity index (χ3n) is 3.56. The first kappa shape index (κ1) is 18.9. The number of unbranched alkanes of at least 4 members (excludes halogenated alkanes) is 4. The number of halogens is 1. The Morgan fingerprint density at radius 3 is 2.61 bits per heavy atom. The Hall–Kier alpha value is -2.17. The van der Waals surface area contributed by atoms with Crippen molar-refractivity contribution in [3.8, 4) is 0 Å². The molecule has 23 heavy (non-hydrogen) atoms. The van der Waals surface area contributed by atoms with Gasteiger partial charge >= 0.3 is 5.97 Å². The summed E-state index contributed by atoms with van der Waals surface area (Å²) in [6, 6.07) is 4.92. The third kappa shape index (κ3) is 6.63. The highest BCUT2D eigenvalue weighted by Gasteiger charge is 2.22. The smallest absolute Gasteiger partial charge is 0.328 e. The number of ether oxygens (including phenoxy) is 1. The minimum atomic E-state index is -0.758. The van der Waals surface area contributed by atoms with E-state index in [0.717, 1.165) is 32.1 Å². The maximum Gasteiger partial charge on any atom is 0.328 e. The molecule has 0 heterocycles. The standard InChI is InChI=1S/C18H24FNO3/c1-3-4-5-6-7-8-13-16(18(22)23-2)20-17(21)14-11-9-10-12-15(14)19/h3,9-12,16H,1,4-8,13H2,2H3,(H,20,21)/t16-/m0/s1. The van der Waals surface area contributed by atoms with Crippen molar-refractivity contribution in [2.24, 2.45) is 0 Å². The van der Waals surface area contributed by atoms with Crippen LogP contribution >= 0.6 is 0 Å². The van der Waals surface area contributed by atoms with Crippen molar-refractivity contribution >= 4 is 11.9 Å². The number of benzene rings is 1. The Bertz CT molecular complexity index is 531. The SMILES string of the molecule is C=CCCCCCC[C@H](NC(=O)c1ccccc1F)C(=O)OC. The predicted octanol–water partition coefficient (Wildman–Crippen LogP) is 3.62. The van der Waals surface area contributed by atoms with Crippen LogP contribution in [0.25, 0.3) is 0 Å². The van der Waals surface area contributed by atoms with E-state index in [9.17, 15) is 14.0 Å². The normalized spacial score (nSPS) is 11.6. The van der Waals surface area contributed by atoms with E-state index in [1.807, 2.05) is 6.08 Å². The van der Waals surface area contributed by atoms with Gasteiger partial charge in [0.25, 0.3) is 5.91 Å². The lowest BCUT2D eigenvalue weighted by molar-refractivity contribution is -0.143. The van der Waals surface area contributed by atoms with Gasteiger partial charge in [0.2, 0.25) is 0 Å². The summed E-state index contributed by atoms with van der Waals surface area (Å²) in [4.78, 5) is 23.9. The van der Waals surface area contributed by atoms with E-state index in [2.05, 4.69) is 11.9 Å². The van der Waals surface area contributed by atoms with Gasteiger partial charge < -0.3 is 10.1 Å². The van der Waals surface area contributed by atoms with Crippen molar-refractivity contribution in [3.05, 3.63) is 48.3 Å². The van der Waals surface area contributed by atoms with Crippen LogP contribution < -0.4 is 5.32 Å². The summed E-state index contributed by atoms with van der Waals surface area (Å²) in [5.74, 6) is -1.73. The maximum atomic E-state index is 13.6. The molecule has 0 saturated carbocycles. The number of carbonyl (C=O) groups is 2. The monoisotopic (exact) mass is 321 g/mol. The number of carbonyl (C=O) groups excluding carboxylic acids is 2. The number of allylic oxidation sites excluding steroid dienone is 1. The van der Waals surface area contributed by atoms with Crippen molar-refractivity contribution in [1.29, 1.82) is 0 Å². The summed E-state index contributed by atoms with van der Waals surface area (Å²) in [6.45, 7) is 3.67. The molecule has 0 aliphatic heterocycles. The Kier molecular flexibility index (Phi) is 8.65. The number of hydrogen-bond acceptors (Lipinski definition) is 3. The maximum absolute atomic E-state index is 13.6.